The third kappa shape index (κ3) is 5.61. The molecule has 0 bridgehead atoms. The average Bonchev–Trinajstić information content (AvgIpc) is 2.79. The summed E-state index contributed by atoms with van der Waals surface area (Å²) in [6.45, 7) is 7.12. The van der Waals surface area contributed by atoms with Crippen LogP contribution in [0, 0.1) is 5.92 Å². The number of rotatable bonds is 8. The van der Waals surface area contributed by atoms with Gasteiger partial charge in [-0.3, -0.25) is 9.69 Å². The van der Waals surface area contributed by atoms with Crippen molar-refractivity contribution in [3.05, 3.63) is 0 Å². The zero-order valence-corrected chi connectivity index (χ0v) is 11.4. The molecule has 4 nitrogen and oxygen atoms in total. The molecule has 17 heavy (non-hydrogen) atoms. The van der Waals surface area contributed by atoms with E-state index in [-0.39, 0.29) is 5.92 Å². The van der Waals surface area contributed by atoms with Gasteiger partial charge in [0.15, 0.2) is 5.78 Å². The van der Waals surface area contributed by atoms with Crippen molar-refractivity contribution in [2.75, 3.05) is 53.5 Å². The maximum Gasteiger partial charge on any atom is 0.152 e. The molecule has 1 rings (SSSR count). The second-order valence-corrected chi connectivity index (χ2v) is 5.11. The number of Topliss-reactive ketones (excluding diaryl/α,β-unsaturated/α-hetero) is 1. The Morgan fingerprint density at radius 3 is 2.59 bits per heavy atom. The van der Waals surface area contributed by atoms with E-state index in [9.17, 15) is 4.79 Å². The van der Waals surface area contributed by atoms with Crippen LogP contribution in [0.3, 0.4) is 0 Å². The van der Waals surface area contributed by atoms with Crippen molar-refractivity contribution in [1.29, 1.82) is 0 Å². The molecule has 1 unspecified atom stereocenters. The molecular weight excluding hydrogens is 216 g/mol. The summed E-state index contributed by atoms with van der Waals surface area (Å²) in [4.78, 5) is 16.5. The number of hydrogen-bond donors (Lipinski definition) is 0. The van der Waals surface area contributed by atoms with Gasteiger partial charge in [-0.1, -0.05) is 6.92 Å². The molecule has 0 aromatic rings. The molecule has 100 valence electrons. The number of likely N-dealkylation sites (N-methyl/N-ethyl adjacent to an activating group) is 1. The average molecular weight is 242 g/mol. The fourth-order valence-corrected chi connectivity index (χ4v) is 2.07. The molecule has 0 spiro atoms. The predicted molar refractivity (Wildman–Crippen MR) is 69.2 cm³/mol. The molecule has 0 N–H and O–H groups in total. The molecule has 1 aliphatic rings. The Hall–Kier alpha value is -0.450. The lowest BCUT2D eigenvalue weighted by Crippen LogP contribution is -2.38. The molecule has 1 saturated heterocycles. The highest BCUT2D eigenvalue weighted by Gasteiger charge is 2.24. The fraction of sp³-hybridized carbons (Fsp3) is 0.923. The van der Waals surface area contributed by atoms with E-state index in [0.29, 0.717) is 18.9 Å². The summed E-state index contributed by atoms with van der Waals surface area (Å²) in [6, 6.07) is 0. The van der Waals surface area contributed by atoms with Crippen molar-refractivity contribution in [3.63, 3.8) is 0 Å². The highest BCUT2D eigenvalue weighted by atomic mass is 16.5. The van der Waals surface area contributed by atoms with E-state index in [4.69, 9.17) is 4.74 Å². The highest BCUT2D eigenvalue weighted by Crippen LogP contribution is 2.14. The number of hydrogen-bond acceptors (Lipinski definition) is 4. The third-order valence-electron chi connectivity index (χ3n) is 3.17. The Kier molecular flexibility index (Phi) is 6.70. The summed E-state index contributed by atoms with van der Waals surface area (Å²) in [7, 11) is 4.13. The first-order valence-corrected chi connectivity index (χ1v) is 6.61. The van der Waals surface area contributed by atoms with E-state index in [0.717, 1.165) is 39.1 Å². The van der Waals surface area contributed by atoms with Gasteiger partial charge in [0.25, 0.3) is 0 Å². The second-order valence-electron chi connectivity index (χ2n) is 5.11. The molecule has 0 amide bonds. The highest BCUT2D eigenvalue weighted by molar-refractivity contribution is 5.83. The van der Waals surface area contributed by atoms with Gasteiger partial charge in [0, 0.05) is 25.6 Å². The van der Waals surface area contributed by atoms with Gasteiger partial charge in [0.1, 0.15) is 0 Å². The normalized spacial score (nSPS) is 20.4. The largest absolute Gasteiger partial charge is 0.381 e. The Morgan fingerprint density at radius 2 is 2.06 bits per heavy atom. The van der Waals surface area contributed by atoms with Crippen LogP contribution in [0.25, 0.3) is 0 Å². The molecule has 1 atom stereocenters. The minimum Gasteiger partial charge on any atom is -0.381 e. The third-order valence-corrected chi connectivity index (χ3v) is 3.17. The molecule has 1 fully saturated rings. The van der Waals surface area contributed by atoms with E-state index in [2.05, 4.69) is 30.8 Å². The van der Waals surface area contributed by atoms with Crippen LogP contribution in [0.4, 0.5) is 0 Å². The summed E-state index contributed by atoms with van der Waals surface area (Å²) in [6.07, 6.45) is 2.01. The first-order chi connectivity index (χ1) is 8.13. The Morgan fingerprint density at radius 1 is 1.29 bits per heavy atom. The Balaban J connectivity index is 2.33. The zero-order chi connectivity index (χ0) is 12.7. The topological polar surface area (TPSA) is 32.8 Å². The number of nitrogens with zero attached hydrogens (tertiary/aromatic N) is 2. The monoisotopic (exact) mass is 242 g/mol. The van der Waals surface area contributed by atoms with Crippen LogP contribution in [-0.4, -0.2) is 69.1 Å². The lowest BCUT2D eigenvalue weighted by molar-refractivity contribution is -0.124. The summed E-state index contributed by atoms with van der Waals surface area (Å²) < 4.78 is 5.27. The van der Waals surface area contributed by atoms with E-state index >= 15 is 0 Å². The van der Waals surface area contributed by atoms with Crippen LogP contribution < -0.4 is 0 Å². The molecule has 4 heteroatoms. The van der Waals surface area contributed by atoms with Gasteiger partial charge in [-0.05, 0) is 33.5 Å². The predicted octanol–water partition coefficient (Wildman–Crippen LogP) is 0.866. The minimum atomic E-state index is 0.147. The van der Waals surface area contributed by atoms with Crippen molar-refractivity contribution in [3.8, 4) is 0 Å². The van der Waals surface area contributed by atoms with Gasteiger partial charge in [-0.25, -0.2) is 0 Å². The first kappa shape index (κ1) is 14.6. The van der Waals surface area contributed by atoms with Crippen LogP contribution in [0.15, 0.2) is 0 Å². The number of carbonyl (C=O) groups excluding carboxylic acids is 1. The summed E-state index contributed by atoms with van der Waals surface area (Å²) in [5.74, 6) is 0.503. The van der Waals surface area contributed by atoms with E-state index in [1.807, 2.05) is 0 Å². The first-order valence-electron chi connectivity index (χ1n) is 6.61. The van der Waals surface area contributed by atoms with Crippen LogP contribution in [-0.2, 0) is 9.53 Å². The maximum atomic E-state index is 12.0. The number of carbonyl (C=O) groups is 1. The lowest BCUT2D eigenvalue weighted by Gasteiger charge is -2.23. The summed E-state index contributed by atoms with van der Waals surface area (Å²) in [5.41, 5.74) is 0. The maximum absolute atomic E-state index is 12.0. The van der Waals surface area contributed by atoms with Crippen LogP contribution in [0.2, 0.25) is 0 Å². The molecule has 0 aliphatic carbocycles. The van der Waals surface area contributed by atoms with Crippen molar-refractivity contribution in [1.82, 2.24) is 9.80 Å². The van der Waals surface area contributed by atoms with Crippen molar-refractivity contribution in [2.24, 2.45) is 5.92 Å². The van der Waals surface area contributed by atoms with Crippen LogP contribution in [0.1, 0.15) is 19.8 Å². The summed E-state index contributed by atoms with van der Waals surface area (Å²) in [5, 5.41) is 0. The van der Waals surface area contributed by atoms with Crippen LogP contribution in [0.5, 0.6) is 0 Å². The molecule has 0 aromatic heterocycles. The molecule has 0 radical (unpaired) electrons. The van der Waals surface area contributed by atoms with Crippen molar-refractivity contribution >= 4 is 5.78 Å². The van der Waals surface area contributed by atoms with Gasteiger partial charge in [0.05, 0.1) is 13.2 Å². The van der Waals surface area contributed by atoms with Gasteiger partial charge in [0.2, 0.25) is 0 Å². The standard InChI is InChI=1S/C13H26N2O2/c1-4-6-15(8-7-14(2)3)10-13(16)12-5-9-17-11-12/h12H,4-11H2,1-3H3. The molecular formula is C13H26N2O2. The van der Waals surface area contributed by atoms with E-state index < -0.39 is 0 Å². The van der Waals surface area contributed by atoms with Gasteiger partial charge in [-0.15, -0.1) is 0 Å². The summed E-state index contributed by atoms with van der Waals surface area (Å²) >= 11 is 0. The van der Waals surface area contributed by atoms with Gasteiger partial charge < -0.3 is 9.64 Å². The molecule has 0 saturated carbocycles. The zero-order valence-electron chi connectivity index (χ0n) is 11.4. The van der Waals surface area contributed by atoms with Crippen molar-refractivity contribution < 1.29 is 9.53 Å². The van der Waals surface area contributed by atoms with E-state index in [1.54, 1.807) is 0 Å². The molecule has 0 aromatic carbocycles. The Bertz CT molecular complexity index is 225. The molecule has 1 aliphatic heterocycles. The van der Waals surface area contributed by atoms with Crippen LogP contribution >= 0.6 is 0 Å². The fourth-order valence-electron chi connectivity index (χ4n) is 2.07. The van der Waals surface area contributed by atoms with E-state index in [1.165, 1.54) is 0 Å². The van der Waals surface area contributed by atoms with Gasteiger partial charge >= 0.3 is 0 Å². The lowest BCUT2D eigenvalue weighted by atomic mass is 10.0. The quantitative estimate of drug-likeness (QED) is 0.632. The van der Waals surface area contributed by atoms with Crippen molar-refractivity contribution in [2.45, 2.75) is 19.8 Å². The Labute approximate surface area is 105 Å². The SMILES string of the molecule is CCCN(CCN(C)C)CC(=O)C1CCOC1. The minimum absolute atomic E-state index is 0.147. The number of ketones is 1. The molecule has 1 heterocycles. The smallest absolute Gasteiger partial charge is 0.152 e. The number of ether oxygens (including phenoxy) is 1. The second kappa shape index (κ2) is 7.80. The van der Waals surface area contributed by atoms with Gasteiger partial charge in [-0.2, -0.15) is 0 Å².